The summed E-state index contributed by atoms with van der Waals surface area (Å²) in [5.74, 6) is -0.670. The van der Waals surface area contributed by atoms with Crippen LogP contribution in [0.3, 0.4) is 0 Å². The maximum atomic E-state index is 12.5. The number of ether oxygens (including phenoxy) is 1. The summed E-state index contributed by atoms with van der Waals surface area (Å²) in [4.78, 5) is 31.2. The molecule has 0 aliphatic heterocycles. The van der Waals surface area contributed by atoms with Crippen molar-refractivity contribution in [1.82, 2.24) is 9.88 Å². The number of carbonyl (C=O) groups is 2. The third kappa shape index (κ3) is 5.39. The summed E-state index contributed by atoms with van der Waals surface area (Å²) in [6.45, 7) is 7.07. The second kappa shape index (κ2) is 9.80. The molecule has 0 fully saturated rings. The Morgan fingerprint density at radius 2 is 1.69 bits per heavy atom. The molecular weight excluding hydrogens is 366 g/mol. The Balaban J connectivity index is 1.58. The van der Waals surface area contributed by atoms with Gasteiger partial charge in [0.2, 0.25) is 0 Å². The lowest BCUT2D eigenvalue weighted by molar-refractivity contribution is 0.0466. The fourth-order valence-electron chi connectivity index (χ4n) is 2.97. The number of para-hydroxylation sites is 1. The van der Waals surface area contributed by atoms with E-state index in [1.54, 1.807) is 30.3 Å². The zero-order valence-electron chi connectivity index (χ0n) is 16.7. The molecule has 0 spiro atoms. The van der Waals surface area contributed by atoms with Crippen LogP contribution in [-0.4, -0.2) is 48.0 Å². The lowest BCUT2D eigenvalue weighted by Crippen LogP contribution is -2.27. The SMILES string of the molecule is CCN(CC)CCOC(=O)c1ccc(NC(=O)c2ccc3ccccc3n2)cc1. The lowest BCUT2D eigenvalue weighted by atomic mass is 10.2. The number of esters is 1. The number of pyridine rings is 1. The van der Waals surface area contributed by atoms with Crippen molar-refractivity contribution in [2.45, 2.75) is 13.8 Å². The Hall–Kier alpha value is -3.25. The molecule has 0 saturated carbocycles. The predicted octanol–water partition coefficient (Wildman–Crippen LogP) is 3.99. The average molecular weight is 391 g/mol. The van der Waals surface area contributed by atoms with Crippen molar-refractivity contribution in [2.75, 3.05) is 31.6 Å². The molecule has 1 N–H and O–H groups in total. The van der Waals surface area contributed by atoms with Gasteiger partial charge in [-0.2, -0.15) is 0 Å². The molecule has 0 aliphatic carbocycles. The fraction of sp³-hybridized carbons (Fsp3) is 0.261. The summed E-state index contributed by atoms with van der Waals surface area (Å²) in [6, 6.07) is 17.8. The first-order valence-electron chi connectivity index (χ1n) is 9.77. The number of carbonyl (C=O) groups excluding carboxylic acids is 2. The smallest absolute Gasteiger partial charge is 0.338 e. The van der Waals surface area contributed by atoms with Gasteiger partial charge in [0.05, 0.1) is 11.1 Å². The molecule has 1 aromatic heterocycles. The Kier molecular flexibility index (Phi) is 6.92. The Labute approximate surface area is 170 Å². The van der Waals surface area contributed by atoms with Gasteiger partial charge in [0.1, 0.15) is 12.3 Å². The zero-order valence-corrected chi connectivity index (χ0v) is 16.7. The van der Waals surface area contributed by atoms with Crippen LogP contribution in [0, 0.1) is 0 Å². The number of hydrogen-bond donors (Lipinski definition) is 1. The van der Waals surface area contributed by atoms with Crippen molar-refractivity contribution >= 4 is 28.5 Å². The van der Waals surface area contributed by atoms with E-state index in [1.807, 2.05) is 30.3 Å². The van der Waals surface area contributed by atoms with Crippen LogP contribution >= 0.6 is 0 Å². The minimum absolute atomic E-state index is 0.301. The highest BCUT2D eigenvalue weighted by Crippen LogP contribution is 2.15. The van der Waals surface area contributed by atoms with E-state index >= 15 is 0 Å². The molecule has 1 heterocycles. The van der Waals surface area contributed by atoms with Gasteiger partial charge in [-0.05, 0) is 49.5 Å². The third-order valence-corrected chi connectivity index (χ3v) is 4.74. The van der Waals surface area contributed by atoms with Crippen molar-refractivity contribution in [1.29, 1.82) is 0 Å². The normalized spacial score (nSPS) is 10.9. The Morgan fingerprint density at radius 3 is 2.41 bits per heavy atom. The molecule has 0 aliphatic rings. The number of nitrogens with one attached hydrogen (secondary N) is 1. The summed E-state index contributed by atoms with van der Waals surface area (Å²) < 4.78 is 5.32. The van der Waals surface area contributed by atoms with E-state index in [4.69, 9.17) is 4.74 Å². The number of hydrogen-bond acceptors (Lipinski definition) is 5. The Bertz CT molecular complexity index is 982. The number of benzene rings is 2. The van der Waals surface area contributed by atoms with E-state index in [0.29, 0.717) is 30.1 Å². The number of nitrogens with zero attached hydrogens (tertiary/aromatic N) is 2. The van der Waals surface area contributed by atoms with Crippen LogP contribution in [0.2, 0.25) is 0 Å². The molecule has 6 nitrogen and oxygen atoms in total. The van der Waals surface area contributed by atoms with E-state index in [2.05, 4.69) is 29.0 Å². The summed E-state index contributed by atoms with van der Waals surface area (Å²) in [7, 11) is 0. The standard InChI is InChI=1S/C23H25N3O3/c1-3-26(4-2)15-16-29-23(28)18-9-12-19(13-10-18)24-22(27)21-14-11-17-7-5-6-8-20(17)25-21/h5-14H,3-4,15-16H2,1-2H3,(H,24,27). The Morgan fingerprint density at radius 1 is 0.966 bits per heavy atom. The second-order valence-electron chi connectivity index (χ2n) is 6.58. The third-order valence-electron chi connectivity index (χ3n) is 4.74. The predicted molar refractivity (Wildman–Crippen MR) is 114 cm³/mol. The highest BCUT2D eigenvalue weighted by molar-refractivity contribution is 6.04. The number of likely N-dealkylation sites (N-methyl/N-ethyl adjacent to an activating group) is 1. The largest absolute Gasteiger partial charge is 0.461 e. The summed E-state index contributed by atoms with van der Waals surface area (Å²) in [5, 5.41) is 3.78. The quantitative estimate of drug-likeness (QED) is 0.588. The van der Waals surface area contributed by atoms with Crippen LogP contribution in [0.4, 0.5) is 5.69 Å². The molecular formula is C23H25N3O3. The van der Waals surface area contributed by atoms with E-state index < -0.39 is 0 Å². The number of anilines is 1. The van der Waals surface area contributed by atoms with Gasteiger partial charge in [0.15, 0.2) is 0 Å². The molecule has 0 atom stereocenters. The van der Waals surface area contributed by atoms with Gasteiger partial charge in [-0.15, -0.1) is 0 Å². The minimum atomic E-state index is -0.369. The van der Waals surface area contributed by atoms with Gasteiger partial charge >= 0.3 is 5.97 Å². The van der Waals surface area contributed by atoms with Crippen molar-refractivity contribution in [3.8, 4) is 0 Å². The molecule has 0 bridgehead atoms. The van der Waals surface area contributed by atoms with Crippen LogP contribution in [0.5, 0.6) is 0 Å². The molecule has 3 aromatic rings. The van der Waals surface area contributed by atoms with Gasteiger partial charge in [0.25, 0.3) is 5.91 Å². The van der Waals surface area contributed by atoms with E-state index in [0.717, 1.165) is 24.0 Å². The molecule has 1 amide bonds. The van der Waals surface area contributed by atoms with Gasteiger partial charge < -0.3 is 15.0 Å². The number of amides is 1. The van der Waals surface area contributed by atoms with E-state index in [9.17, 15) is 9.59 Å². The van der Waals surface area contributed by atoms with Crippen molar-refractivity contribution in [2.24, 2.45) is 0 Å². The van der Waals surface area contributed by atoms with Crippen LogP contribution in [-0.2, 0) is 4.74 Å². The summed E-state index contributed by atoms with van der Waals surface area (Å²) in [6.07, 6.45) is 0. The first-order valence-corrected chi connectivity index (χ1v) is 9.77. The van der Waals surface area contributed by atoms with Gasteiger partial charge in [-0.25, -0.2) is 9.78 Å². The number of rotatable bonds is 8. The maximum Gasteiger partial charge on any atom is 0.338 e. The highest BCUT2D eigenvalue weighted by atomic mass is 16.5. The van der Waals surface area contributed by atoms with Crippen LogP contribution < -0.4 is 5.32 Å². The molecule has 0 saturated heterocycles. The molecule has 0 unspecified atom stereocenters. The molecule has 3 rings (SSSR count). The minimum Gasteiger partial charge on any atom is -0.461 e. The van der Waals surface area contributed by atoms with Gasteiger partial charge in [0, 0.05) is 17.6 Å². The maximum absolute atomic E-state index is 12.5. The van der Waals surface area contributed by atoms with Crippen molar-refractivity contribution < 1.29 is 14.3 Å². The van der Waals surface area contributed by atoms with E-state index in [1.165, 1.54) is 0 Å². The summed E-state index contributed by atoms with van der Waals surface area (Å²) >= 11 is 0. The van der Waals surface area contributed by atoms with Gasteiger partial charge in [-0.3, -0.25) is 4.79 Å². The second-order valence-corrected chi connectivity index (χ2v) is 6.58. The van der Waals surface area contributed by atoms with Crippen molar-refractivity contribution in [3.63, 3.8) is 0 Å². The topological polar surface area (TPSA) is 71.5 Å². The molecule has 2 aromatic carbocycles. The average Bonchev–Trinajstić information content (AvgIpc) is 2.76. The lowest BCUT2D eigenvalue weighted by Gasteiger charge is -2.17. The van der Waals surface area contributed by atoms with Crippen molar-refractivity contribution in [3.05, 3.63) is 71.9 Å². The zero-order chi connectivity index (χ0) is 20.6. The number of aromatic nitrogens is 1. The number of fused-ring (bicyclic) bond motifs is 1. The first-order chi connectivity index (χ1) is 14.1. The van der Waals surface area contributed by atoms with Crippen LogP contribution in [0.15, 0.2) is 60.7 Å². The van der Waals surface area contributed by atoms with E-state index in [-0.39, 0.29) is 11.9 Å². The molecule has 150 valence electrons. The van der Waals surface area contributed by atoms with Gasteiger partial charge in [-0.1, -0.05) is 38.1 Å². The fourth-order valence-corrected chi connectivity index (χ4v) is 2.97. The molecule has 0 radical (unpaired) electrons. The van der Waals surface area contributed by atoms with Crippen LogP contribution in [0.1, 0.15) is 34.7 Å². The first kappa shape index (κ1) is 20.5. The monoisotopic (exact) mass is 391 g/mol. The molecule has 29 heavy (non-hydrogen) atoms. The van der Waals surface area contributed by atoms with Crippen LogP contribution in [0.25, 0.3) is 10.9 Å². The molecule has 6 heteroatoms. The highest BCUT2D eigenvalue weighted by Gasteiger charge is 2.11. The summed E-state index contributed by atoms with van der Waals surface area (Å²) in [5.41, 5.74) is 2.14.